The first-order valence-corrected chi connectivity index (χ1v) is 4.63. The van der Waals surface area contributed by atoms with Crippen molar-refractivity contribution >= 4 is 17.5 Å². The number of nitrogen functional groups attached to an aromatic ring is 1. The third-order valence-electron chi connectivity index (χ3n) is 2.19. The summed E-state index contributed by atoms with van der Waals surface area (Å²) in [5, 5.41) is 3.87. The molecule has 3 nitrogen and oxygen atoms in total. The molecule has 0 radical (unpaired) electrons. The van der Waals surface area contributed by atoms with Crippen molar-refractivity contribution in [3.05, 3.63) is 34.7 Å². The van der Waals surface area contributed by atoms with E-state index in [0.717, 1.165) is 0 Å². The van der Waals surface area contributed by atoms with E-state index in [-0.39, 0.29) is 11.7 Å². The molecule has 5 heteroatoms. The molecule has 2 N–H and O–H groups in total. The molecule has 2 rings (SSSR count). The fraction of sp³-hybridized carbons (Fsp3) is 0.100. The number of halogens is 2. The predicted molar refractivity (Wildman–Crippen MR) is 56.1 cm³/mol. The number of nitrogens with two attached hydrogens (primary N) is 1. The van der Waals surface area contributed by atoms with Gasteiger partial charge in [-0.15, -0.1) is 0 Å². The number of hydrogen-bond acceptors (Lipinski definition) is 3. The van der Waals surface area contributed by atoms with Gasteiger partial charge in [0.15, 0.2) is 0 Å². The quantitative estimate of drug-likeness (QED) is 0.813. The Balaban J connectivity index is 2.60. The molecule has 0 aliphatic heterocycles. The highest BCUT2D eigenvalue weighted by Gasteiger charge is 2.11. The van der Waals surface area contributed by atoms with Gasteiger partial charge >= 0.3 is 0 Å². The van der Waals surface area contributed by atoms with E-state index in [1.165, 1.54) is 12.3 Å². The van der Waals surface area contributed by atoms with E-state index in [4.69, 9.17) is 21.9 Å². The van der Waals surface area contributed by atoms with Crippen molar-refractivity contribution in [3.8, 4) is 11.1 Å². The van der Waals surface area contributed by atoms with Crippen molar-refractivity contribution in [1.29, 1.82) is 0 Å². The minimum Gasteiger partial charge on any atom is -0.367 e. The van der Waals surface area contributed by atoms with Crippen LogP contribution in [0.2, 0.25) is 5.02 Å². The van der Waals surface area contributed by atoms with Gasteiger partial charge in [0.05, 0.1) is 11.8 Å². The molecule has 1 aromatic heterocycles. The van der Waals surface area contributed by atoms with Crippen LogP contribution in [0.1, 0.15) is 5.56 Å². The largest absolute Gasteiger partial charge is 0.367 e. The Kier molecular flexibility index (Phi) is 2.36. The predicted octanol–water partition coefficient (Wildman–Crippen LogP) is 3.02. The van der Waals surface area contributed by atoms with Crippen LogP contribution in [0.15, 0.2) is 22.9 Å². The van der Waals surface area contributed by atoms with Gasteiger partial charge in [-0.25, -0.2) is 4.39 Å². The second-order valence-corrected chi connectivity index (χ2v) is 3.58. The summed E-state index contributed by atoms with van der Waals surface area (Å²) < 4.78 is 18.1. The summed E-state index contributed by atoms with van der Waals surface area (Å²) in [6, 6.07) is 2.98. The molecule has 15 heavy (non-hydrogen) atoms. The normalized spacial score (nSPS) is 10.6. The fourth-order valence-corrected chi connectivity index (χ4v) is 1.47. The molecule has 0 unspecified atom stereocenters. The van der Waals surface area contributed by atoms with Gasteiger partial charge in [-0.1, -0.05) is 16.8 Å². The van der Waals surface area contributed by atoms with Gasteiger partial charge in [0.25, 0.3) is 0 Å². The Labute approximate surface area is 90.6 Å². The van der Waals surface area contributed by atoms with Crippen molar-refractivity contribution in [2.45, 2.75) is 6.92 Å². The monoisotopic (exact) mass is 226 g/mol. The van der Waals surface area contributed by atoms with E-state index in [1.807, 2.05) is 0 Å². The number of anilines is 1. The van der Waals surface area contributed by atoms with Crippen LogP contribution < -0.4 is 5.73 Å². The Hall–Kier alpha value is -1.55. The molecule has 0 saturated heterocycles. The maximum Gasteiger partial charge on any atom is 0.229 e. The van der Waals surface area contributed by atoms with Gasteiger partial charge < -0.3 is 10.3 Å². The third-order valence-corrected chi connectivity index (χ3v) is 2.58. The molecule has 0 saturated carbocycles. The Morgan fingerprint density at radius 2 is 2.20 bits per heavy atom. The van der Waals surface area contributed by atoms with Crippen molar-refractivity contribution < 1.29 is 8.91 Å². The van der Waals surface area contributed by atoms with E-state index in [9.17, 15) is 4.39 Å². The molecule has 0 spiro atoms. The van der Waals surface area contributed by atoms with E-state index < -0.39 is 0 Å². The standard InChI is InChI=1S/C10H8ClFN2O/c1-5-8(11)2-6(3-9(5)12)7-4-14-15-10(7)13/h2-4H,13H2,1H3. The zero-order chi connectivity index (χ0) is 11.0. The van der Waals surface area contributed by atoms with Gasteiger partial charge in [-0.2, -0.15) is 0 Å². The minimum absolute atomic E-state index is 0.148. The molecule has 0 aliphatic rings. The SMILES string of the molecule is Cc1c(F)cc(-c2cnoc2N)cc1Cl. The van der Waals surface area contributed by atoms with Gasteiger partial charge in [-0.05, 0) is 24.6 Å². The molecule has 0 fully saturated rings. The summed E-state index contributed by atoms with van der Waals surface area (Å²) in [5.41, 5.74) is 7.02. The molecule has 1 aromatic carbocycles. The Morgan fingerprint density at radius 1 is 1.47 bits per heavy atom. The second kappa shape index (κ2) is 3.55. The molecular weight excluding hydrogens is 219 g/mol. The summed E-state index contributed by atoms with van der Waals surface area (Å²) in [7, 11) is 0. The second-order valence-electron chi connectivity index (χ2n) is 3.17. The smallest absolute Gasteiger partial charge is 0.229 e. The summed E-state index contributed by atoms with van der Waals surface area (Å²) >= 11 is 5.86. The van der Waals surface area contributed by atoms with E-state index in [2.05, 4.69) is 5.16 Å². The summed E-state index contributed by atoms with van der Waals surface area (Å²) in [6.07, 6.45) is 1.43. The highest BCUT2D eigenvalue weighted by Crippen LogP contribution is 2.30. The zero-order valence-corrected chi connectivity index (χ0v) is 8.68. The van der Waals surface area contributed by atoms with Crippen molar-refractivity contribution in [1.82, 2.24) is 5.16 Å². The zero-order valence-electron chi connectivity index (χ0n) is 7.92. The molecule has 2 aromatic rings. The maximum atomic E-state index is 13.4. The lowest BCUT2D eigenvalue weighted by Gasteiger charge is -2.03. The van der Waals surface area contributed by atoms with Crippen LogP contribution in [0.4, 0.5) is 10.3 Å². The fourth-order valence-electron chi connectivity index (χ4n) is 1.27. The lowest BCUT2D eigenvalue weighted by Crippen LogP contribution is -1.89. The van der Waals surface area contributed by atoms with Crippen molar-refractivity contribution in [3.63, 3.8) is 0 Å². The molecule has 0 bridgehead atoms. The Morgan fingerprint density at radius 3 is 2.73 bits per heavy atom. The third kappa shape index (κ3) is 1.68. The number of aromatic nitrogens is 1. The maximum absolute atomic E-state index is 13.4. The lowest BCUT2D eigenvalue weighted by molar-refractivity contribution is 0.436. The molecule has 0 aliphatic carbocycles. The van der Waals surface area contributed by atoms with Crippen LogP contribution in [-0.4, -0.2) is 5.16 Å². The van der Waals surface area contributed by atoms with Crippen LogP contribution in [0, 0.1) is 12.7 Å². The lowest BCUT2D eigenvalue weighted by atomic mass is 10.1. The highest BCUT2D eigenvalue weighted by atomic mass is 35.5. The Bertz CT molecular complexity index is 487. The van der Waals surface area contributed by atoms with Crippen LogP contribution >= 0.6 is 11.6 Å². The van der Waals surface area contributed by atoms with Gasteiger partial charge in [-0.3, -0.25) is 0 Å². The number of rotatable bonds is 1. The molecule has 0 amide bonds. The molecule has 0 atom stereocenters. The average molecular weight is 227 g/mol. The van der Waals surface area contributed by atoms with E-state index >= 15 is 0 Å². The van der Waals surface area contributed by atoms with Crippen LogP contribution in [0.25, 0.3) is 11.1 Å². The van der Waals surface area contributed by atoms with Crippen LogP contribution in [0.5, 0.6) is 0 Å². The summed E-state index contributed by atoms with van der Waals surface area (Å²) in [6.45, 7) is 1.61. The average Bonchev–Trinajstić information content (AvgIpc) is 2.60. The molecule has 78 valence electrons. The first kappa shape index (κ1) is 9.98. The summed E-state index contributed by atoms with van der Waals surface area (Å²) in [5.74, 6) is -0.229. The van der Waals surface area contributed by atoms with Crippen LogP contribution in [-0.2, 0) is 0 Å². The van der Waals surface area contributed by atoms with Crippen molar-refractivity contribution in [2.75, 3.05) is 5.73 Å². The van der Waals surface area contributed by atoms with Gasteiger partial charge in [0.1, 0.15) is 5.82 Å². The number of hydrogen-bond donors (Lipinski definition) is 1. The highest BCUT2D eigenvalue weighted by molar-refractivity contribution is 6.31. The van der Waals surface area contributed by atoms with E-state index in [1.54, 1.807) is 13.0 Å². The van der Waals surface area contributed by atoms with E-state index in [0.29, 0.717) is 21.7 Å². The van der Waals surface area contributed by atoms with Gasteiger partial charge in [0, 0.05) is 10.6 Å². The topological polar surface area (TPSA) is 52.0 Å². The summed E-state index contributed by atoms with van der Waals surface area (Å²) in [4.78, 5) is 0. The van der Waals surface area contributed by atoms with Crippen LogP contribution in [0.3, 0.4) is 0 Å². The number of benzene rings is 1. The minimum atomic E-state index is -0.377. The first-order valence-electron chi connectivity index (χ1n) is 4.25. The first-order chi connectivity index (χ1) is 7.09. The van der Waals surface area contributed by atoms with Crippen molar-refractivity contribution in [2.24, 2.45) is 0 Å². The van der Waals surface area contributed by atoms with Gasteiger partial charge in [0.2, 0.25) is 5.88 Å². The molecule has 1 heterocycles. The molecular formula is C10H8ClFN2O. The number of nitrogens with zero attached hydrogens (tertiary/aromatic N) is 1.